The SMILES string of the molecule is CC(C)(CNCc1cc(Br)c(Br)s1)N1CCOCC1. The molecule has 1 fully saturated rings. The van der Waals surface area contributed by atoms with E-state index in [4.69, 9.17) is 4.74 Å². The number of morpholine rings is 1. The first-order valence-corrected chi connectivity index (χ1v) is 8.86. The van der Waals surface area contributed by atoms with Crippen LogP contribution in [0.5, 0.6) is 0 Å². The third-order valence-electron chi connectivity index (χ3n) is 3.42. The van der Waals surface area contributed by atoms with Gasteiger partial charge in [0.1, 0.15) is 0 Å². The van der Waals surface area contributed by atoms with Crippen molar-refractivity contribution in [1.29, 1.82) is 0 Å². The zero-order valence-electron chi connectivity index (χ0n) is 11.3. The minimum absolute atomic E-state index is 0.176. The summed E-state index contributed by atoms with van der Waals surface area (Å²) in [7, 11) is 0. The van der Waals surface area contributed by atoms with Gasteiger partial charge in [0, 0.05) is 41.1 Å². The molecule has 0 atom stereocenters. The Kier molecular flexibility index (Phi) is 5.87. The van der Waals surface area contributed by atoms with Crippen molar-refractivity contribution < 1.29 is 4.74 Å². The van der Waals surface area contributed by atoms with Gasteiger partial charge in [-0.05, 0) is 51.8 Å². The lowest BCUT2D eigenvalue weighted by Gasteiger charge is -2.41. The zero-order valence-corrected chi connectivity index (χ0v) is 15.3. The predicted octanol–water partition coefficient (Wildman–Crippen LogP) is 3.47. The van der Waals surface area contributed by atoms with Crippen molar-refractivity contribution in [2.75, 3.05) is 32.8 Å². The Morgan fingerprint density at radius 2 is 2.05 bits per heavy atom. The molecule has 0 spiro atoms. The van der Waals surface area contributed by atoms with E-state index in [1.54, 1.807) is 11.3 Å². The molecule has 0 unspecified atom stereocenters. The molecular weight excluding hydrogens is 392 g/mol. The lowest BCUT2D eigenvalue weighted by Crippen LogP contribution is -2.54. The van der Waals surface area contributed by atoms with Crippen LogP contribution in [-0.2, 0) is 11.3 Å². The molecule has 2 rings (SSSR count). The van der Waals surface area contributed by atoms with Gasteiger partial charge in [-0.1, -0.05) is 0 Å². The predicted molar refractivity (Wildman–Crippen MR) is 87.9 cm³/mol. The number of nitrogens with one attached hydrogen (secondary N) is 1. The molecule has 0 saturated carbocycles. The monoisotopic (exact) mass is 410 g/mol. The number of halogens is 2. The van der Waals surface area contributed by atoms with Gasteiger partial charge in [0.25, 0.3) is 0 Å². The highest BCUT2D eigenvalue weighted by Crippen LogP contribution is 2.32. The summed E-state index contributed by atoms with van der Waals surface area (Å²) in [4.78, 5) is 3.85. The van der Waals surface area contributed by atoms with Gasteiger partial charge in [-0.25, -0.2) is 0 Å². The van der Waals surface area contributed by atoms with Crippen LogP contribution >= 0.6 is 43.2 Å². The second-order valence-corrected chi connectivity index (χ2v) is 8.66. The van der Waals surface area contributed by atoms with Crippen molar-refractivity contribution in [2.24, 2.45) is 0 Å². The summed E-state index contributed by atoms with van der Waals surface area (Å²) in [5, 5.41) is 3.57. The molecule has 0 amide bonds. The fourth-order valence-corrected chi connectivity index (χ4v) is 4.40. The molecule has 1 saturated heterocycles. The van der Waals surface area contributed by atoms with Gasteiger partial charge < -0.3 is 10.1 Å². The lowest BCUT2D eigenvalue weighted by molar-refractivity contribution is -0.00965. The summed E-state index contributed by atoms with van der Waals surface area (Å²) < 4.78 is 7.72. The van der Waals surface area contributed by atoms with Gasteiger partial charge in [-0.3, -0.25) is 4.90 Å². The van der Waals surface area contributed by atoms with Crippen LogP contribution in [0.25, 0.3) is 0 Å². The molecule has 1 N–H and O–H groups in total. The van der Waals surface area contributed by atoms with Crippen molar-refractivity contribution in [3.05, 3.63) is 19.2 Å². The molecule has 0 bridgehead atoms. The quantitative estimate of drug-likeness (QED) is 0.802. The maximum absolute atomic E-state index is 5.41. The van der Waals surface area contributed by atoms with E-state index in [9.17, 15) is 0 Å². The van der Waals surface area contributed by atoms with E-state index in [-0.39, 0.29) is 5.54 Å². The summed E-state index contributed by atoms with van der Waals surface area (Å²) >= 11 is 8.83. The minimum atomic E-state index is 0.176. The Morgan fingerprint density at radius 1 is 1.37 bits per heavy atom. The Hall–Kier alpha value is 0.540. The smallest absolute Gasteiger partial charge is 0.0843 e. The van der Waals surface area contributed by atoms with E-state index in [0.29, 0.717) is 0 Å². The second kappa shape index (κ2) is 7.00. The highest BCUT2D eigenvalue weighted by atomic mass is 79.9. The topological polar surface area (TPSA) is 24.5 Å². The first-order valence-electron chi connectivity index (χ1n) is 6.46. The van der Waals surface area contributed by atoms with Gasteiger partial charge >= 0.3 is 0 Å². The summed E-state index contributed by atoms with van der Waals surface area (Å²) in [5.74, 6) is 0. The molecule has 19 heavy (non-hydrogen) atoms. The van der Waals surface area contributed by atoms with E-state index in [1.165, 1.54) is 4.88 Å². The number of ether oxygens (including phenoxy) is 1. The van der Waals surface area contributed by atoms with Gasteiger partial charge in [-0.2, -0.15) is 0 Å². The second-order valence-electron chi connectivity index (χ2n) is 5.35. The zero-order chi connectivity index (χ0) is 13.9. The van der Waals surface area contributed by atoms with Crippen molar-refractivity contribution in [3.63, 3.8) is 0 Å². The molecule has 3 nitrogen and oxygen atoms in total. The molecule has 0 radical (unpaired) electrons. The van der Waals surface area contributed by atoms with Crippen LogP contribution < -0.4 is 5.32 Å². The summed E-state index contributed by atoms with van der Waals surface area (Å²) in [5.41, 5.74) is 0.176. The van der Waals surface area contributed by atoms with Gasteiger partial charge in [-0.15, -0.1) is 11.3 Å². The van der Waals surface area contributed by atoms with E-state index < -0.39 is 0 Å². The maximum atomic E-state index is 5.41. The summed E-state index contributed by atoms with van der Waals surface area (Å²) in [6.45, 7) is 10.3. The summed E-state index contributed by atoms with van der Waals surface area (Å²) in [6, 6.07) is 2.17. The van der Waals surface area contributed by atoms with Crippen molar-refractivity contribution in [3.8, 4) is 0 Å². The van der Waals surface area contributed by atoms with Crippen LogP contribution in [-0.4, -0.2) is 43.3 Å². The molecule has 1 aromatic heterocycles. The number of rotatable bonds is 5. The van der Waals surface area contributed by atoms with Crippen LogP contribution in [0.2, 0.25) is 0 Å². The number of hydrogen-bond acceptors (Lipinski definition) is 4. The largest absolute Gasteiger partial charge is 0.379 e. The molecule has 1 aliphatic rings. The van der Waals surface area contributed by atoms with E-state index in [0.717, 1.165) is 47.7 Å². The van der Waals surface area contributed by atoms with E-state index in [1.807, 2.05) is 0 Å². The third kappa shape index (κ3) is 4.51. The average molecular weight is 412 g/mol. The highest BCUT2D eigenvalue weighted by Gasteiger charge is 2.27. The van der Waals surface area contributed by atoms with E-state index in [2.05, 4.69) is 62.0 Å². The number of nitrogens with zero attached hydrogens (tertiary/aromatic N) is 1. The highest BCUT2D eigenvalue weighted by molar-refractivity contribution is 9.13. The molecule has 108 valence electrons. The normalized spacial score (nSPS) is 17.9. The molecule has 2 heterocycles. The Labute approximate surface area is 136 Å². The fraction of sp³-hybridized carbons (Fsp3) is 0.692. The molecule has 1 aliphatic heterocycles. The van der Waals surface area contributed by atoms with E-state index >= 15 is 0 Å². The molecule has 1 aromatic rings. The van der Waals surface area contributed by atoms with Crippen molar-refractivity contribution in [1.82, 2.24) is 10.2 Å². The minimum Gasteiger partial charge on any atom is -0.379 e. The van der Waals surface area contributed by atoms with Crippen LogP contribution in [0, 0.1) is 0 Å². The van der Waals surface area contributed by atoms with Crippen LogP contribution in [0.1, 0.15) is 18.7 Å². The summed E-state index contributed by atoms with van der Waals surface area (Å²) in [6.07, 6.45) is 0. The first-order chi connectivity index (χ1) is 8.99. The Morgan fingerprint density at radius 3 is 2.63 bits per heavy atom. The fourth-order valence-electron chi connectivity index (χ4n) is 2.25. The van der Waals surface area contributed by atoms with Crippen LogP contribution in [0.15, 0.2) is 14.3 Å². The van der Waals surface area contributed by atoms with Gasteiger partial charge in [0.05, 0.1) is 17.0 Å². The van der Waals surface area contributed by atoms with Gasteiger partial charge in [0.15, 0.2) is 0 Å². The molecule has 6 heteroatoms. The van der Waals surface area contributed by atoms with Crippen LogP contribution in [0.3, 0.4) is 0 Å². The van der Waals surface area contributed by atoms with Crippen LogP contribution in [0.4, 0.5) is 0 Å². The molecule has 0 aliphatic carbocycles. The average Bonchev–Trinajstić information content (AvgIpc) is 2.69. The first kappa shape index (κ1) is 15.9. The van der Waals surface area contributed by atoms with Crippen molar-refractivity contribution in [2.45, 2.75) is 25.9 Å². The Balaban J connectivity index is 1.80. The Bertz CT molecular complexity index is 397. The lowest BCUT2D eigenvalue weighted by atomic mass is 10.0. The molecular formula is C13H20Br2N2OS. The number of thiophene rings is 1. The number of hydrogen-bond donors (Lipinski definition) is 1. The van der Waals surface area contributed by atoms with Gasteiger partial charge in [0.2, 0.25) is 0 Å². The molecule has 0 aromatic carbocycles. The van der Waals surface area contributed by atoms with Crippen molar-refractivity contribution >= 4 is 43.2 Å². The maximum Gasteiger partial charge on any atom is 0.0843 e. The standard InChI is InChI=1S/C13H20Br2N2OS/c1-13(2,17-3-5-18-6-4-17)9-16-8-10-7-11(14)12(15)19-10/h7,16H,3-6,8-9H2,1-2H3. The third-order valence-corrected chi connectivity index (χ3v) is 6.68.